The molecule has 6 heteroatoms. The molecule has 0 aliphatic carbocycles. The van der Waals surface area contributed by atoms with Crippen molar-refractivity contribution in [2.45, 2.75) is 46.8 Å². The van der Waals surface area contributed by atoms with E-state index in [9.17, 15) is 0 Å². The zero-order valence-corrected chi connectivity index (χ0v) is 18.0. The number of ether oxygens (including phenoxy) is 1. The molecule has 2 N–H and O–H groups in total. The first-order valence-corrected chi connectivity index (χ1v) is 8.73. The smallest absolute Gasteiger partial charge is 0.191 e. The molecule has 1 aromatic rings. The van der Waals surface area contributed by atoms with Gasteiger partial charge in [-0.1, -0.05) is 26.0 Å². The summed E-state index contributed by atoms with van der Waals surface area (Å²) in [5, 5.41) is 15.6. The minimum absolute atomic E-state index is 0. The van der Waals surface area contributed by atoms with Crippen molar-refractivity contribution < 1.29 is 4.74 Å². The summed E-state index contributed by atoms with van der Waals surface area (Å²) in [5.41, 5.74) is 1.69. The summed E-state index contributed by atoms with van der Waals surface area (Å²) in [7, 11) is 0. The van der Waals surface area contributed by atoms with Crippen LogP contribution in [0.5, 0.6) is 0 Å². The maximum absolute atomic E-state index is 8.96. The van der Waals surface area contributed by atoms with E-state index in [1.54, 1.807) is 6.07 Å². The lowest BCUT2D eigenvalue weighted by molar-refractivity contribution is 0.0258. The van der Waals surface area contributed by atoms with Gasteiger partial charge in [0.1, 0.15) is 0 Å². The van der Waals surface area contributed by atoms with Gasteiger partial charge in [-0.05, 0) is 43.9 Å². The van der Waals surface area contributed by atoms with Crippen molar-refractivity contribution in [2.75, 3.05) is 19.7 Å². The highest BCUT2D eigenvalue weighted by Crippen LogP contribution is 2.10. The average molecular weight is 458 g/mol. The van der Waals surface area contributed by atoms with Crippen molar-refractivity contribution in [3.05, 3.63) is 35.4 Å². The van der Waals surface area contributed by atoms with Crippen LogP contribution < -0.4 is 10.6 Å². The molecule has 140 valence electrons. The normalized spacial score (nSPS) is 12.2. The first kappa shape index (κ1) is 23.7. The molecular weight excluding hydrogens is 427 g/mol. The number of nitriles is 1. The van der Waals surface area contributed by atoms with Crippen LogP contribution in [0.15, 0.2) is 29.3 Å². The van der Waals surface area contributed by atoms with Gasteiger partial charge in [-0.3, -0.25) is 0 Å². The number of guanidine groups is 1. The summed E-state index contributed by atoms with van der Waals surface area (Å²) in [4.78, 5) is 4.59. The lowest BCUT2D eigenvalue weighted by atomic mass is 10.0. The molecule has 0 fully saturated rings. The highest BCUT2D eigenvalue weighted by atomic mass is 127. The van der Waals surface area contributed by atoms with Gasteiger partial charge >= 0.3 is 0 Å². The minimum atomic E-state index is 0. The molecule has 0 amide bonds. The number of benzene rings is 1. The number of hydrogen-bond acceptors (Lipinski definition) is 3. The van der Waals surface area contributed by atoms with E-state index in [1.807, 2.05) is 32.0 Å². The van der Waals surface area contributed by atoms with Crippen molar-refractivity contribution in [2.24, 2.45) is 10.9 Å². The van der Waals surface area contributed by atoms with Gasteiger partial charge in [-0.25, -0.2) is 4.99 Å². The molecule has 1 aromatic carbocycles. The Morgan fingerprint density at radius 3 is 2.64 bits per heavy atom. The molecule has 25 heavy (non-hydrogen) atoms. The van der Waals surface area contributed by atoms with Crippen LogP contribution in [0.1, 0.15) is 45.2 Å². The van der Waals surface area contributed by atoms with E-state index in [0.29, 0.717) is 18.0 Å². The summed E-state index contributed by atoms with van der Waals surface area (Å²) >= 11 is 0. The molecule has 0 radical (unpaired) electrons. The van der Waals surface area contributed by atoms with Gasteiger partial charge in [0.2, 0.25) is 0 Å². The molecule has 1 rings (SSSR count). The highest BCUT2D eigenvalue weighted by molar-refractivity contribution is 14.0. The van der Waals surface area contributed by atoms with E-state index in [-0.39, 0.29) is 30.1 Å². The highest BCUT2D eigenvalue weighted by Gasteiger charge is 2.12. The van der Waals surface area contributed by atoms with Gasteiger partial charge < -0.3 is 15.4 Å². The third-order valence-electron chi connectivity index (χ3n) is 3.67. The monoisotopic (exact) mass is 458 g/mol. The molecule has 1 unspecified atom stereocenters. The second-order valence-corrected chi connectivity index (χ2v) is 5.96. The second kappa shape index (κ2) is 13.9. The summed E-state index contributed by atoms with van der Waals surface area (Å²) < 4.78 is 5.77. The average Bonchev–Trinajstić information content (AvgIpc) is 2.58. The number of nitrogens with zero attached hydrogens (tertiary/aromatic N) is 2. The molecule has 0 aromatic heterocycles. The Kier molecular flexibility index (Phi) is 13.2. The van der Waals surface area contributed by atoms with Crippen LogP contribution in [0.4, 0.5) is 0 Å². The molecule has 0 aliphatic heterocycles. The quantitative estimate of drug-likeness (QED) is 0.337. The molecule has 0 spiro atoms. The van der Waals surface area contributed by atoms with Crippen LogP contribution in [-0.4, -0.2) is 31.8 Å². The fourth-order valence-corrected chi connectivity index (χ4v) is 2.41. The predicted molar refractivity (Wildman–Crippen MR) is 114 cm³/mol. The fourth-order valence-electron chi connectivity index (χ4n) is 2.41. The molecule has 0 saturated heterocycles. The molecule has 5 nitrogen and oxygen atoms in total. The zero-order valence-electron chi connectivity index (χ0n) is 15.7. The summed E-state index contributed by atoms with van der Waals surface area (Å²) in [6.45, 7) is 11.4. The maximum atomic E-state index is 8.96. The number of halogens is 1. The Bertz CT molecular complexity index is 555. The number of hydrogen-bond donors (Lipinski definition) is 2. The van der Waals surface area contributed by atoms with Crippen molar-refractivity contribution in [1.82, 2.24) is 10.6 Å². The standard InChI is InChI=1S/C19H30N4O.HI/c1-5-21-19(22-11-10-18(15(3)4)24-6-2)23-14-17-9-7-8-16(12-17)13-20;/h7-9,12,15,18H,5-6,10-11,14H2,1-4H3,(H2,21,22,23);1H. The van der Waals surface area contributed by atoms with E-state index >= 15 is 0 Å². The van der Waals surface area contributed by atoms with Crippen LogP contribution in [0.3, 0.4) is 0 Å². The lowest BCUT2D eigenvalue weighted by Crippen LogP contribution is -2.39. The fraction of sp³-hybridized carbons (Fsp3) is 0.579. The lowest BCUT2D eigenvalue weighted by Gasteiger charge is -2.21. The number of rotatable bonds is 9. The van der Waals surface area contributed by atoms with Gasteiger partial charge in [0.15, 0.2) is 5.96 Å². The minimum Gasteiger partial charge on any atom is -0.378 e. The predicted octanol–water partition coefficient (Wildman–Crippen LogP) is 3.68. The molecule has 0 saturated carbocycles. The largest absolute Gasteiger partial charge is 0.378 e. The Morgan fingerprint density at radius 1 is 1.28 bits per heavy atom. The summed E-state index contributed by atoms with van der Waals surface area (Å²) in [5.74, 6) is 1.29. The number of aliphatic imine (C=N–C) groups is 1. The molecular formula is C19H31IN4O. The van der Waals surface area contributed by atoms with E-state index in [2.05, 4.69) is 35.5 Å². The Morgan fingerprint density at radius 2 is 2.04 bits per heavy atom. The van der Waals surface area contributed by atoms with Gasteiger partial charge in [0, 0.05) is 19.7 Å². The third kappa shape index (κ3) is 9.66. The Hall–Kier alpha value is -1.33. The second-order valence-electron chi connectivity index (χ2n) is 5.96. The molecule has 0 heterocycles. The van der Waals surface area contributed by atoms with Crippen molar-refractivity contribution in [3.8, 4) is 6.07 Å². The topological polar surface area (TPSA) is 69.4 Å². The Labute approximate surface area is 169 Å². The van der Waals surface area contributed by atoms with E-state index < -0.39 is 0 Å². The van der Waals surface area contributed by atoms with Crippen molar-refractivity contribution in [1.29, 1.82) is 5.26 Å². The molecule has 0 aliphatic rings. The van der Waals surface area contributed by atoms with Crippen molar-refractivity contribution >= 4 is 29.9 Å². The maximum Gasteiger partial charge on any atom is 0.191 e. The van der Waals surface area contributed by atoms with Crippen LogP contribution in [-0.2, 0) is 11.3 Å². The van der Waals surface area contributed by atoms with Gasteiger partial charge in [0.05, 0.1) is 24.3 Å². The third-order valence-corrected chi connectivity index (χ3v) is 3.67. The SMILES string of the molecule is CCNC(=NCc1cccc(C#N)c1)NCCC(OCC)C(C)C.I. The van der Waals surface area contributed by atoms with Gasteiger partial charge in [-0.2, -0.15) is 5.26 Å². The summed E-state index contributed by atoms with van der Waals surface area (Å²) in [6, 6.07) is 9.70. The summed E-state index contributed by atoms with van der Waals surface area (Å²) in [6.07, 6.45) is 1.21. The van der Waals surface area contributed by atoms with Gasteiger partial charge in [0.25, 0.3) is 0 Å². The van der Waals surface area contributed by atoms with Gasteiger partial charge in [-0.15, -0.1) is 24.0 Å². The first-order chi connectivity index (χ1) is 11.6. The molecule has 1 atom stereocenters. The van der Waals surface area contributed by atoms with E-state index in [4.69, 9.17) is 10.00 Å². The number of nitrogens with one attached hydrogen (secondary N) is 2. The van der Waals surface area contributed by atoms with Crippen LogP contribution in [0.25, 0.3) is 0 Å². The van der Waals surface area contributed by atoms with Crippen LogP contribution in [0.2, 0.25) is 0 Å². The molecule has 0 bridgehead atoms. The Balaban J connectivity index is 0.00000576. The first-order valence-electron chi connectivity index (χ1n) is 8.73. The van der Waals surface area contributed by atoms with E-state index in [1.165, 1.54) is 0 Å². The van der Waals surface area contributed by atoms with Crippen LogP contribution >= 0.6 is 24.0 Å². The zero-order chi connectivity index (χ0) is 17.8. The van der Waals surface area contributed by atoms with E-state index in [0.717, 1.165) is 37.6 Å². The van der Waals surface area contributed by atoms with Crippen LogP contribution in [0, 0.1) is 17.2 Å². The van der Waals surface area contributed by atoms with Crippen molar-refractivity contribution in [3.63, 3.8) is 0 Å².